The number of hydrogen-bond donors (Lipinski definition) is 0. The molecule has 1 heterocycles. The first-order chi connectivity index (χ1) is 13.8. The number of carbonyl (C=O) groups excluding carboxylic acids is 1. The fourth-order valence-corrected chi connectivity index (χ4v) is 3.52. The molecule has 0 saturated carbocycles. The summed E-state index contributed by atoms with van der Waals surface area (Å²) < 4.78 is 10.7. The molecule has 2 aromatic carbocycles. The zero-order chi connectivity index (χ0) is 21.3. The molecule has 1 aliphatic heterocycles. The number of nitrogens with zero attached hydrogens (tertiary/aromatic N) is 3. The van der Waals surface area contributed by atoms with Crippen LogP contribution in [0.15, 0.2) is 30.3 Å². The van der Waals surface area contributed by atoms with Gasteiger partial charge in [0.2, 0.25) is 0 Å². The fraction of sp³-hybridized carbons (Fsp3) is 0.316. The van der Waals surface area contributed by atoms with Crippen LogP contribution < -0.4 is 9.47 Å². The lowest BCUT2D eigenvalue weighted by Crippen LogP contribution is -2.39. The van der Waals surface area contributed by atoms with Gasteiger partial charge < -0.3 is 14.4 Å². The molecule has 1 amide bonds. The van der Waals surface area contributed by atoms with Gasteiger partial charge in [-0.05, 0) is 36.6 Å². The van der Waals surface area contributed by atoms with Crippen LogP contribution in [0.3, 0.4) is 0 Å². The monoisotopic (exact) mass is 401 g/mol. The molecule has 0 bridgehead atoms. The average molecular weight is 401 g/mol. The number of benzene rings is 2. The summed E-state index contributed by atoms with van der Waals surface area (Å²) in [6.45, 7) is 2.19. The van der Waals surface area contributed by atoms with E-state index in [1.807, 2.05) is 13.0 Å². The highest BCUT2D eigenvalue weighted by atomic mass is 16.6. The molecule has 0 aliphatic carbocycles. The van der Waals surface area contributed by atoms with E-state index >= 15 is 0 Å². The third-order valence-electron chi connectivity index (χ3n) is 5.02. The molecule has 10 nitrogen and oxygen atoms in total. The Morgan fingerprint density at radius 2 is 1.55 bits per heavy atom. The molecule has 0 fully saturated rings. The van der Waals surface area contributed by atoms with E-state index < -0.39 is 27.1 Å². The highest BCUT2D eigenvalue weighted by molar-refractivity contribution is 5.96. The maximum Gasteiger partial charge on any atom is 0.277 e. The molecule has 0 N–H and O–H groups in total. The largest absolute Gasteiger partial charge is 0.493 e. The minimum absolute atomic E-state index is 0.0957. The molecule has 152 valence electrons. The lowest BCUT2D eigenvalue weighted by Gasteiger charge is -2.35. The highest BCUT2D eigenvalue weighted by Gasteiger charge is 2.31. The van der Waals surface area contributed by atoms with Crippen molar-refractivity contribution in [2.24, 2.45) is 0 Å². The van der Waals surface area contributed by atoms with Gasteiger partial charge in [-0.3, -0.25) is 25.0 Å². The molecule has 3 rings (SSSR count). The predicted molar refractivity (Wildman–Crippen MR) is 102 cm³/mol. The number of amides is 1. The average Bonchev–Trinajstić information content (AvgIpc) is 2.72. The van der Waals surface area contributed by atoms with E-state index in [4.69, 9.17) is 9.47 Å². The zero-order valence-corrected chi connectivity index (χ0v) is 16.1. The Labute approximate surface area is 165 Å². The van der Waals surface area contributed by atoms with Crippen molar-refractivity contribution in [1.82, 2.24) is 4.90 Å². The smallest absolute Gasteiger partial charge is 0.277 e. The van der Waals surface area contributed by atoms with Crippen molar-refractivity contribution in [3.63, 3.8) is 0 Å². The summed E-state index contributed by atoms with van der Waals surface area (Å²) in [4.78, 5) is 35.3. The van der Waals surface area contributed by atoms with Crippen LogP contribution in [0.5, 0.6) is 11.5 Å². The lowest BCUT2D eigenvalue weighted by molar-refractivity contribution is -0.394. The third kappa shape index (κ3) is 3.68. The molecular formula is C19H19N3O7. The second-order valence-electron chi connectivity index (χ2n) is 6.58. The second kappa shape index (κ2) is 7.74. The van der Waals surface area contributed by atoms with Crippen LogP contribution in [0.25, 0.3) is 0 Å². The Hall–Kier alpha value is -3.69. The summed E-state index contributed by atoms with van der Waals surface area (Å²) in [5.74, 6) is 0.607. The van der Waals surface area contributed by atoms with Crippen LogP contribution in [0.1, 0.15) is 34.5 Å². The van der Waals surface area contributed by atoms with Crippen molar-refractivity contribution in [3.05, 3.63) is 67.3 Å². The van der Waals surface area contributed by atoms with Crippen molar-refractivity contribution >= 4 is 17.3 Å². The first kappa shape index (κ1) is 20.1. The number of ether oxygens (including phenoxy) is 2. The van der Waals surface area contributed by atoms with Gasteiger partial charge in [0.15, 0.2) is 11.5 Å². The summed E-state index contributed by atoms with van der Waals surface area (Å²) in [5, 5.41) is 22.2. The van der Waals surface area contributed by atoms with Gasteiger partial charge in [-0.15, -0.1) is 0 Å². The van der Waals surface area contributed by atoms with Crippen LogP contribution in [0.2, 0.25) is 0 Å². The van der Waals surface area contributed by atoms with E-state index in [1.54, 1.807) is 13.2 Å². The Balaban J connectivity index is 1.99. The molecule has 10 heteroatoms. The summed E-state index contributed by atoms with van der Waals surface area (Å²) >= 11 is 0. The van der Waals surface area contributed by atoms with Gasteiger partial charge in [-0.25, -0.2) is 0 Å². The van der Waals surface area contributed by atoms with Crippen molar-refractivity contribution in [3.8, 4) is 11.5 Å². The molecule has 29 heavy (non-hydrogen) atoms. The Bertz CT molecular complexity index is 973. The predicted octanol–water partition coefficient (Wildman–Crippen LogP) is 3.28. The number of carbonyl (C=O) groups is 1. The molecule has 0 saturated heterocycles. The van der Waals surface area contributed by atoms with Crippen molar-refractivity contribution in [2.75, 3.05) is 20.8 Å². The van der Waals surface area contributed by atoms with Crippen molar-refractivity contribution in [2.45, 2.75) is 19.4 Å². The maximum absolute atomic E-state index is 13.1. The van der Waals surface area contributed by atoms with Crippen molar-refractivity contribution < 1.29 is 24.1 Å². The number of nitro benzene ring substituents is 2. The zero-order valence-electron chi connectivity index (χ0n) is 16.1. The number of nitro groups is 2. The molecule has 1 aliphatic rings. The number of non-ortho nitro benzene ring substituents is 2. The van der Waals surface area contributed by atoms with Crippen LogP contribution in [-0.2, 0) is 6.42 Å². The summed E-state index contributed by atoms with van der Waals surface area (Å²) in [6, 6.07) is 6.27. The maximum atomic E-state index is 13.1. The molecule has 0 radical (unpaired) electrons. The Morgan fingerprint density at radius 3 is 2.07 bits per heavy atom. The number of fused-ring (bicyclic) bond motifs is 1. The van der Waals surface area contributed by atoms with Gasteiger partial charge in [0, 0.05) is 18.7 Å². The quantitative estimate of drug-likeness (QED) is 0.556. The lowest BCUT2D eigenvalue weighted by atomic mass is 9.92. The van der Waals surface area contributed by atoms with E-state index in [9.17, 15) is 25.0 Å². The number of methoxy groups -OCH3 is 2. The topological polar surface area (TPSA) is 125 Å². The summed E-state index contributed by atoms with van der Waals surface area (Å²) in [7, 11) is 3.06. The van der Waals surface area contributed by atoms with E-state index in [1.165, 1.54) is 12.0 Å². The van der Waals surface area contributed by atoms with Gasteiger partial charge >= 0.3 is 0 Å². The van der Waals surface area contributed by atoms with Crippen LogP contribution in [-0.4, -0.2) is 41.4 Å². The van der Waals surface area contributed by atoms with Gasteiger partial charge in [-0.1, -0.05) is 0 Å². The van der Waals surface area contributed by atoms with Gasteiger partial charge in [0.25, 0.3) is 17.3 Å². The summed E-state index contributed by atoms with van der Waals surface area (Å²) in [6.07, 6.45) is 0.544. The SMILES string of the molecule is COc1cc2c(cc1OC)[C@H](C)N(C(=O)c1cc([N+](=O)[O-])cc([N+](=O)[O-])c1)CC2. The number of rotatable bonds is 5. The number of hydrogen-bond acceptors (Lipinski definition) is 7. The molecule has 0 aromatic heterocycles. The Morgan fingerprint density at radius 1 is 1.00 bits per heavy atom. The van der Waals surface area contributed by atoms with Gasteiger partial charge in [0.05, 0.1) is 41.7 Å². The van der Waals surface area contributed by atoms with E-state index in [-0.39, 0.29) is 11.6 Å². The minimum atomic E-state index is -0.754. The highest BCUT2D eigenvalue weighted by Crippen LogP contribution is 2.38. The second-order valence-corrected chi connectivity index (χ2v) is 6.58. The Kier molecular flexibility index (Phi) is 5.35. The standard InChI is InChI=1S/C19H19N3O7/c1-11-16-10-18(29-3)17(28-2)8-12(16)4-5-20(11)19(23)13-6-14(21(24)25)9-15(7-13)22(26)27/h6-11H,4-5H2,1-3H3/t11-/m0/s1. The van der Waals surface area contributed by atoms with E-state index in [0.717, 1.165) is 29.3 Å². The summed E-state index contributed by atoms with van der Waals surface area (Å²) in [5.41, 5.74) is 0.770. The van der Waals surface area contributed by atoms with Crippen LogP contribution in [0.4, 0.5) is 11.4 Å². The fourth-order valence-electron chi connectivity index (χ4n) is 3.52. The molecule has 0 unspecified atom stereocenters. The first-order valence-electron chi connectivity index (χ1n) is 8.76. The van der Waals surface area contributed by atoms with E-state index in [2.05, 4.69) is 0 Å². The first-order valence-corrected chi connectivity index (χ1v) is 8.76. The van der Waals surface area contributed by atoms with E-state index in [0.29, 0.717) is 24.5 Å². The van der Waals surface area contributed by atoms with Crippen LogP contribution in [0, 0.1) is 20.2 Å². The third-order valence-corrected chi connectivity index (χ3v) is 5.02. The minimum Gasteiger partial charge on any atom is -0.493 e. The normalized spacial score (nSPS) is 15.4. The molecule has 1 atom stereocenters. The molecular weight excluding hydrogens is 382 g/mol. The van der Waals surface area contributed by atoms with Gasteiger partial charge in [-0.2, -0.15) is 0 Å². The van der Waals surface area contributed by atoms with Crippen molar-refractivity contribution in [1.29, 1.82) is 0 Å². The molecule has 2 aromatic rings. The van der Waals surface area contributed by atoms with Crippen LogP contribution >= 0.6 is 0 Å². The molecule has 0 spiro atoms. The van der Waals surface area contributed by atoms with Gasteiger partial charge in [0.1, 0.15) is 0 Å².